The van der Waals surface area contributed by atoms with Gasteiger partial charge in [-0.1, -0.05) is 29.3 Å². The van der Waals surface area contributed by atoms with E-state index in [0.29, 0.717) is 11.6 Å². The van der Waals surface area contributed by atoms with Crippen LogP contribution in [0.3, 0.4) is 0 Å². The SMILES string of the molecule is CCCCN(C)c1nccc(C(=O)Nc2ccc(Br)cc2)n1. The maximum atomic E-state index is 12.3. The highest BCUT2D eigenvalue weighted by atomic mass is 79.9. The van der Waals surface area contributed by atoms with Gasteiger partial charge in [-0.3, -0.25) is 4.79 Å². The molecular weight excluding hydrogens is 344 g/mol. The Balaban J connectivity index is 2.08. The summed E-state index contributed by atoms with van der Waals surface area (Å²) in [5.41, 5.74) is 1.09. The second kappa shape index (κ2) is 7.89. The van der Waals surface area contributed by atoms with E-state index in [1.165, 1.54) is 0 Å². The lowest BCUT2D eigenvalue weighted by Gasteiger charge is -2.16. The van der Waals surface area contributed by atoms with Crippen molar-refractivity contribution < 1.29 is 4.79 Å². The molecule has 22 heavy (non-hydrogen) atoms. The smallest absolute Gasteiger partial charge is 0.274 e. The number of nitrogens with zero attached hydrogens (tertiary/aromatic N) is 3. The number of hydrogen-bond donors (Lipinski definition) is 1. The van der Waals surface area contributed by atoms with Gasteiger partial charge in [0.1, 0.15) is 5.69 Å². The summed E-state index contributed by atoms with van der Waals surface area (Å²) in [4.78, 5) is 22.8. The van der Waals surface area contributed by atoms with Crippen LogP contribution in [-0.2, 0) is 0 Å². The molecule has 1 amide bonds. The van der Waals surface area contributed by atoms with Gasteiger partial charge in [-0.15, -0.1) is 0 Å². The van der Waals surface area contributed by atoms with Gasteiger partial charge in [0.05, 0.1) is 0 Å². The van der Waals surface area contributed by atoms with Crippen LogP contribution in [0.15, 0.2) is 41.0 Å². The molecule has 0 saturated carbocycles. The van der Waals surface area contributed by atoms with Crippen LogP contribution in [0.2, 0.25) is 0 Å². The highest BCUT2D eigenvalue weighted by molar-refractivity contribution is 9.10. The number of carbonyl (C=O) groups is 1. The van der Waals surface area contributed by atoms with E-state index >= 15 is 0 Å². The lowest BCUT2D eigenvalue weighted by Crippen LogP contribution is -2.22. The molecule has 116 valence electrons. The monoisotopic (exact) mass is 362 g/mol. The molecule has 6 heteroatoms. The number of hydrogen-bond acceptors (Lipinski definition) is 4. The molecule has 0 aliphatic heterocycles. The highest BCUT2D eigenvalue weighted by Gasteiger charge is 2.11. The minimum absolute atomic E-state index is 0.241. The molecule has 0 radical (unpaired) electrons. The van der Waals surface area contributed by atoms with E-state index in [2.05, 4.69) is 38.1 Å². The van der Waals surface area contributed by atoms with Crippen molar-refractivity contribution in [3.63, 3.8) is 0 Å². The Kier molecular flexibility index (Phi) is 5.89. The van der Waals surface area contributed by atoms with Crippen molar-refractivity contribution in [3.05, 3.63) is 46.7 Å². The first-order valence-corrected chi connectivity index (χ1v) is 8.00. The standard InChI is InChI=1S/C16H19BrN4O/c1-3-4-11-21(2)16-18-10-9-14(20-16)15(22)19-13-7-5-12(17)6-8-13/h5-10H,3-4,11H2,1-2H3,(H,19,22). The quantitative estimate of drug-likeness (QED) is 0.850. The van der Waals surface area contributed by atoms with Gasteiger partial charge < -0.3 is 10.2 Å². The average molecular weight is 363 g/mol. The number of aromatic nitrogens is 2. The Bertz CT molecular complexity index is 630. The Morgan fingerprint density at radius 2 is 2.00 bits per heavy atom. The molecule has 0 aliphatic carbocycles. The van der Waals surface area contributed by atoms with Crippen LogP contribution in [0.5, 0.6) is 0 Å². The predicted molar refractivity (Wildman–Crippen MR) is 92.3 cm³/mol. The van der Waals surface area contributed by atoms with Crippen LogP contribution in [0.4, 0.5) is 11.6 Å². The van der Waals surface area contributed by atoms with Crippen molar-refractivity contribution in [1.82, 2.24) is 9.97 Å². The van der Waals surface area contributed by atoms with Crippen molar-refractivity contribution >= 4 is 33.5 Å². The van der Waals surface area contributed by atoms with E-state index in [9.17, 15) is 4.79 Å². The van der Waals surface area contributed by atoms with Crippen molar-refractivity contribution in [3.8, 4) is 0 Å². The molecule has 2 rings (SSSR count). The summed E-state index contributed by atoms with van der Waals surface area (Å²) in [7, 11) is 1.93. The fraction of sp³-hybridized carbons (Fsp3) is 0.312. The summed E-state index contributed by atoms with van der Waals surface area (Å²) in [6.07, 6.45) is 3.78. The van der Waals surface area contributed by atoms with E-state index in [1.54, 1.807) is 12.3 Å². The molecule has 1 aromatic carbocycles. The first-order valence-electron chi connectivity index (χ1n) is 7.21. The van der Waals surface area contributed by atoms with Gasteiger partial charge in [0, 0.05) is 29.9 Å². The van der Waals surface area contributed by atoms with E-state index in [1.807, 2.05) is 36.2 Å². The third kappa shape index (κ3) is 4.53. The molecule has 0 unspecified atom stereocenters. The molecular formula is C16H19BrN4O. The number of halogens is 1. The van der Waals surface area contributed by atoms with Crippen molar-refractivity contribution in [2.45, 2.75) is 19.8 Å². The van der Waals surface area contributed by atoms with E-state index < -0.39 is 0 Å². The molecule has 0 fully saturated rings. The lowest BCUT2D eigenvalue weighted by atomic mass is 10.3. The molecule has 1 heterocycles. The van der Waals surface area contributed by atoms with Crippen molar-refractivity contribution in [2.24, 2.45) is 0 Å². The third-order valence-electron chi connectivity index (χ3n) is 3.17. The van der Waals surface area contributed by atoms with Gasteiger partial charge >= 0.3 is 0 Å². The largest absolute Gasteiger partial charge is 0.344 e. The summed E-state index contributed by atoms with van der Waals surface area (Å²) in [5, 5.41) is 2.83. The number of benzene rings is 1. The summed E-state index contributed by atoms with van der Waals surface area (Å²) in [6.45, 7) is 3.01. The van der Waals surface area contributed by atoms with Crippen molar-refractivity contribution in [1.29, 1.82) is 0 Å². The van der Waals surface area contributed by atoms with Gasteiger partial charge in [0.2, 0.25) is 5.95 Å². The Hall–Kier alpha value is -1.95. The number of nitrogens with one attached hydrogen (secondary N) is 1. The van der Waals surface area contributed by atoms with Crippen LogP contribution in [0.25, 0.3) is 0 Å². The van der Waals surface area contributed by atoms with E-state index in [-0.39, 0.29) is 5.91 Å². The summed E-state index contributed by atoms with van der Waals surface area (Å²) >= 11 is 3.36. The zero-order valence-corrected chi connectivity index (χ0v) is 14.3. The zero-order valence-electron chi connectivity index (χ0n) is 12.7. The second-order valence-corrected chi connectivity index (χ2v) is 5.89. The first kappa shape index (κ1) is 16.4. The number of anilines is 2. The second-order valence-electron chi connectivity index (χ2n) is 4.98. The van der Waals surface area contributed by atoms with Gasteiger partial charge in [-0.05, 0) is 36.8 Å². The lowest BCUT2D eigenvalue weighted by molar-refractivity contribution is 0.102. The highest BCUT2D eigenvalue weighted by Crippen LogP contribution is 2.15. The molecule has 2 aromatic rings. The summed E-state index contributed by atoms with van der Waals surface area (Å²) in [5.74, 6) is 0.326. The Morgan fingerprint density at radius 3 is 2.68 bits per heavy atom. The number of amides is 1. The van der Waals surface area contributed by atoms with Gasteiger partial charge in [-0.2, -0.15) is 0 Å². The number of carbonyl (C=O) groups excluding carboxylic acids is 1. The normalized spacial score (nSPS) is 10.3. The Labute approximate surface area is 138 Å². The van der Waals surface area contributed by atoms with Gasteiger partial charge in [0.25, 0.3) is 5.91 Å². The van der Waals surface area contributed by atoms with Crippen molar-refractivity contribution in [2.75, 3.05) is 23.8 Å². The van der Waals surface area contributed by atoms with Crippen LogP contribution in [0, 0.1) is 0 Å². The van der Waals surface area contributed by atoms with Crippen LogP contribution >= 0.6 is 15.9 Å². The minimum Gasteiger partial charge on any atom is -0.344 e. The molecule has 0 spiro atoms. The summed E-state index contributed by atoms with van der Waals surface area (Å²) in [6, 6.07) is 9.03. The molecule has 0 aliphatic rings. The first-order chi connectivity index (χ1) is 10.6. The number of unbranched alkanes of at least 4 members (excludes halogenated alkanes) is 1. The number of rotatable bonds is 6. The predicted octanol–water partition coefficient (Wildman–Crippen LogP) is 3.73. The zero-order chi connectivity index (χ0) is 15.9. The third-order valence-corrected chi connectivity index (χ3v) is 3.69. The maximum absolute atomic E-state index is 12.3. The fourth-order valence-corrected chi connectivity index (χ4v) is 2.15. The van der Waals surface area contributed by atoms with E-state index in [0.717, 1.165) is 29.5 Å². The fourth-order valence-electron chi connectivity index (χ4n) is 1.88. The molecule has 0 bridgehead atoms. The molecule has 0 atom stereocenters. The van der Waals surface area contributed by atoms with Gasteiger partial charge in [-0.25, -0.2) is 9.97 Å². The average Bonchev–Trinajstić information content (AvgIpc) is 2.54. The Morgan fingerprint density at radius 1 is 1.27 bits per heavy atom. The van der Waals surface area contributed by atoms with E-state index in [4.69, 9.17) is 0 Å². The van der Waals surface area contributed by atoms with Crippen LogP contribution in [-0.4, -0.2) is 29.5 Å². The van der Waals surface area contributed by atoms with Crippen LogP contribution in [0.1, 0.15) is 30.3 Å². The molecule has 0 saturated heterocycles. The molecule has 1 N–H and O–H groups in total. The topological polar surface area (TPSA) is 58.1 Å². The minimum atomic E-state index is -0.241. The van der Waals surface area contributed by atoms with Crippen LogP contribution < -0.4 is 10.2 Å². The van der Waals surface area contributed by atoms with Gasteiger partial charge in [0.15, 0.2) is 0 Å². The summed E-state index contributed by atoms with van der Waals surface area (Å²) < 4.78 is 0.965. The molecule has 1 aromatic heterocycles. The maximum Gasteiger partial charge on any atom is 0.274 e. The molecule has 5 nitrogen and oxygen atoms in total.